The predicted molar refractivity (Wildman–Crippen MR) is 54.2 cm³/mol. The molecule has 0 aliphatic rings. The van der Waals surface area contributed by atoms with Gasteiger partial charge in [0.05, 0.1) is 6.54 Å². The zero-order valence-electron chi connectivity index (χ0n) is 8.08. The Morgan fingerprint density at radius 1 is 1.27 bits per heavy atom. The summed E-state index contributed by atoms with van der Waals surface area (Å²) in [6, 6.07) is 9.56. The SMILES string of the molecule is Nc1nnnn1CCOc1ccccc1. The number of tetrazole rings is 1. The van der Waals surface area contributed by atoms with Gasteiger partial charge in [-0.2, -0.15) is 0 Å². The molecule has 0 unspecified atom stereocenters. The number of nitrogens with zero attached hydrogens (tertiary/aromatic N) is 4. The van der Waals surface area contributed by atoms with E-state index in [2.05, 4.69) is 15.5 Å². The van der Waals surface area contributed by atoms with Crippen molar-refractivity contribution in [2.75, 3.05) is 12.3 Å². The quantitative estimate of drug-likeness (QED) is 0.778. The molecule has 78 valence electrons. The summed E-state index contributed by atoms with van der Waals surface area (Å²) in [5, 5.41) is 10.7. The number of nitrogens with two attached hydrogens (primary N) is 1. The van der Waals surface area contributed by atoms with E-state index in [0.717, 1.165) is 5.75 Å². The highest BCUT2D eigenvalue weighted by Gasteiger charge is 2.00. The normalized spacial score (nSPS) is 10.1. The monoisotopic (exact) mass is 205 g/mol. The third kappa shape index (κ3) is 2.43. The molecule has 1 heterocycles. The third-order valence-corrected chi connectivity index (χ3v) is 1.87. The lowest BCUT2D eigenvalue weighted by atomic mass is 10.3. The molecule has 0 bridgehead atoms. The minimum absolute atomic E-state index is 0.298. The van der Waals surface area contributed by atoms with Crippen molar-refractivity contribution in [3.8, 4) is 5.75 Å². The van der Waals surface area contributed by atoms with E-state index in [0.29, 0.717) is 19.1 Å². The molecule has 0 saturated heterocycles. The van der Waals surface area contributed by atoms with Crippen LogP contribution >= 0.6 is 0 Å². The Kier molecular flexibility index (Phi) is 2.77. The molecule has 0 fully saturated rings. The molecule has 0 aliphatic heterocycles. The van der Waals surface area contributed by atoms with Crippen LogP contribution in [0.3, 0.4) is 0 Å². The van der Waals surface area contributed by atoms with Crippen molar-refractivity contribution in [2.24, 2.45) is 0 Å². The second-order valence-corrected chi connectivity index (χ2v) is 2.92. The molecular formula is C9H11N5O. The molecule has 2 N–H and O–H groups in total. The first kappa shape index (κ1) is 9.45. The largest absolute Gasteiger partial charge is 0.492 e. The first-order valence-corrected chi connectivity index (χ1v) is 4.56. The Morgan fingerprint density at radius 2 is 2.07 bits per heavy atom. The van der Waals surface area contributed by atoms with Crippen LogP contribution in [0.2, 0.25) is 0 Å². The number of nitrogen functional groups attached to an aromatic ring is 1. The Morgan fingerprint density at radius 3 is 2.73 bits per heavy atom. The number of ether oxygens (including phenoxy) is 1. The van der Waals surface area contributed by atoms with E-state index in [4.69, 9.17) is 10.5 Å². The lowest BCUT2D eigenvalue weighted by Gasteiger charge is -2.05. The molecule has 0 amide bonds. The van der Waals surface area contributed by atoms with Crippen LogP contribution in [-0.4, -0.2) is 26.8 Å². The van der Waals surface area contributed by atoms with Gasteiger partial charge in [0.2, 0.25) is 5.95 Å². The maximum atomic E-state index is 5.49. The molecule has 6 nitrogen and oxygen atoms in total. The van der Waals surface area contributed by atoms with Gasteiger partial charge in [0, 0.05) is 0 Å². The molecule has 1 aromatic carbocycles. The minimum atomic E-state index is 0.298. The minimum Gasteiger partial charge on any atom is -0.492 e. The molecule has 6 heteroatoms. The summed E-state index contributed by atoms with van der Waals surface area (Å²) in [6.07, 6.45) is 0. The Hall–Kier alpha value is -2.11. The second-order valence-electron chi connectivity index (χ2n) is 2.92. The molecular weight excluding hydrogens is 194 g/mol. The van der Waals surface area contributed by atoms with Crippen LogP contribution in [0.1, 0.15) is 0 Å². The predicted octanol–water partition coefficient (Wildman–Crippen LogP) is 0.334. The fourth-order valence-corrected chi connectivity index (χ4v) is 1.14. The fraction of sp³-hybridized carbons (Fsp3) is 0.222. The summed E-state index contributed by atoms with van der Waals surface area (Å²) in [5.41, 5.74) is 5.49. The molecule has 2 aromatic rings. The fourth-order valence-electron chi connectivity index (χ4n) is 1.14. The van der Waals surface area contributed by atoms with Crippen molar-refractivity contribution >= 4 is 5.95 Å². The summed E-state index contributed by atoms with van der Waals surface area (Å²) >= 11 is 0. The van der Waals surface area contributed by atoms with E-state index >= 15 is 0 Å². The van der Waals surface area contributed by atoms with Crippen LogP contribution in [0.25, 0.3) is 0 Å². The highest BCUT2D eigenvalue weighted by molar-refractivity contribution is 5.20. The molecule has 0 spiro atoms. The van der Waals surface area contributed by atoms with Crippen molar-refractivity contribution in [3.05, 3.63) is 30.3 Å². The van der Waals surface area contributed by atoms with Crippen molar-refractivity contribution in [2.45, 2.75) is 6.54 Å². The maximum absolute atomic E-state index is 5.49. The second kappa shape index (κ2) is 4.41. The van der Waals surface area contributed by atoms with Crippen LogP contribution in [0.15, 0.2) is 30.3 Å². The van der Waals surface area contributed by atoms with Gasteiger partial charge in [-0.15, -0.1) is 0 Å². The van der Waals surface area contributed by atoms with Gasteiger partial charge in [-0.3, -0.25) is 0 Å². The lowest BCUT2D eigenvalue weighted by Crippen LogP contribution is -2.12. The summed E-state index contributed by atoms with van der Waals surface area (Å²) in [4.78, 5) is 0. The smallest absolute Gasteiger partial charge is 0.240 e. The summed E-state index contributed by atoms with van der Waals surface area (Å²) in [6.45, 7) is 1.02. The number of aromatic nitrogens is 4. The number of benzene rings is 1. The van der Waals surface area contributed by atoms with Crippen LogP contribution in [0, 0.1) is 0 Å². The van der Waals surface area contributed by atoms with Gasteiger partial charge in [-0.05, 0) is 22.6 Å². The number of hydrogen-bond donors (Lipinski definition) is 1. The van der Waals surface area contributed by atoms with Gasteiger partial charge in [-0.25, -0.2) is 4.68 Å². The number of rotatable bonds is 4. The topological polar surface area (TPSA) is 78.9 Å². The van der Waals surface area contributed by atoms with E-state index in [1.807, 2.05) is 30.3 Å². The number of hydrogen-bond acceptors (Lipinski definition) is 5. The number of anilines is 1. The van der Waals surface area contributed by atoms with Crippen LogP contribution < -0.4 is 10.5 Å². The van der Waals surface area contributed by atoms with E-state index < -0.39 is 0 Å². The molecule has 1 aromatic heterocycles. The zero-order chi connectivity index (χ0) is 10.5. The van der Waals surface area contributed by atoms with Gasteiger partial charge < -0.3 is 10.5 Å². The first-order valence-electron chi connectivity index (χ1n) is 4.56. The molecule has 0 saturated carbocycles. The van der Waals surface area contributed by atoms with Gasteiger partial charge in [0.15, 0.2) is 0 Å². The lowest BCUT2D eigenvalue weighted by molar-refractivity contribution is 0.291. The summed E-state index contributed by atoms with van der Waals surface area (Å²) in [7, 11) is 0. The van der Waals surface area contributed by atoms with Gasteiger partial charge in [0.1, 0.15) is 12.4 Å². The van der Waals surface area contributed by atoms with Gasteiger partial charge >= 0.3 is 0 Å². The van der Waals surface area contributed by atoms with Crippen LogP contribution in [-0.2, 0) is 6.54 Å². The van der Waals surface area contributed by atoms with Crippen molar-refractivity contribution < 1.29 is 4.74 Å². The van der Waals surface area contributed by atoms with E-state index in [1.165, 1.54) is 4.68 Å². The zero-order valence-corrected chi connectivity index (χ0v) is 8.08. The first-order chi connectivity index (χ1) is 7.36. The average molecular weight is 205 g/mol. The van der Waals surface area contributed by atoms with E-state index in [9.17, 15) is 0 Å². The van der Waals surface area contributed by atoms with Crippen LogP contribution in [0.4, 0.5) is 5.95 Å². The third-order valence-electron chi connectivity index (χ3n) is 1.87. The standard InChI is InChI=1S/C9H11N5O/c10-9-11-12-13-14(9)6-7-15-8-4-2-1-3-5-8/h1-5H,6-7H2,(H2,10,11,13). The van der Waals surface area contributed by atoms with Crippen molar-refractivity contribution in [1.82, 2.24) is 20.2 Å². The molecule has 0 aliphatic carbocycles. The molecule has 0 radical (unpaired) electrons. The summed E-state index contributed by atoms with van der Waals surface area (Å²) < 4.78 is 6.95. The maximum Gasteiger partial charge on any atom is 0.240 e. The van der Waals surface area contributed by atoms with Crippen molar-refractivity contribution in [3.63, 3.8) is 0 Å². The molecule has 15 heavy (non-hydrogen) atoms. The average Bonchev–Trinajstić information content (AvgIpc) is 2.66. The Bertz CT molecular complexity index is 413. The van der Waals surface area contributed by atoms with E-state index in [1.54, 1.807) is 0 Å². The van der Waals surface area contributed by atoms with Crippen LogP contribution in [0.5, 0.6) is 5.75 Å². The van der Waals surface area contributed by atoms with Gasteiger partial charge in [0.25, 0.3) is 0 Å². The highest BCUT2D eigenvalue weighted by atomic mass is 16.5. The molecule has 2 rings (SSSR count). The van der Waals surface area contributed by atoms with Crippen molar-refractivity contribution in [1.29, 1.82) is 0 Å². The highest BCUT2D eigenvalue weighted by Crippen LogP contribution is 2.08. The Balaban J connectivity index is 1.83. The summed E-state index contributed by atoms with van der Waals surface area (Å²) in [5.74, 6) is 1.12. The number of para-hydroxylation sites is 1. The van der Waals surface area contributed by atoms with Gasteiger partial charge in [-0.1, -0.05) is 23.3 Å². The Labute approximate surface area is 86.7 Å². The molecule has 0 atom stereocenters. The van der Waals surface area contributed by atoms with E-state index in [-0.39, 0.29) is 0 Å².